The SMILES string of the molecule is COc1ccc(N(O[SiH](C)C)S(=O)(=O)CC(=O)O)cc1C(C)(C)C. The highest BCUT2D eigenvalue weighted by Gasteiger charge is 2.29. The highest BCUT2D eigenvalue weighted by atomic mass is 32.2. The largest absolute Gasteiger partial charge is 0.496 e. The van der Waals surface area contributed by atoms with Gasteiger partial charge in [-0.2, -0.15) is 4.47 Å². The Labute approximate surface area is 144 Å². The number of carboxylic acid groups (broad SMARTS) is 1. The highest BCUT2D eigenvalue weighted by Crippen LogP contribution is 2.35. The standard InChI is InChI=1S/C15H25NO6SSi/c1-15(2,3)12-9-11(7-8-13(12)21-4)16(22-24(5)6)23(19,20)10-14(17)18/h7-9,24H,10H2,1-6H3,(H,17,18). The molecule has 0 saturated heterocycles. The van der Waals surface area contributed by atoms with Gasteiger partial charge in [0, 0.05) is 5.56 Å². The van der Waals surface area contributed by atoms with Crippen LogP contribution < -0.4 is 9.21 Å². The number of carbonyl (C=O) groups is 1. The van der Waals surface area contributed by atoms with Crippen LogP contribution >= 0.6 is 0 Å². The number of hydrogen-bond acceptors (Lipinski definition) is 5. The van der Waals surface area contributed by atoms with Crippen molar-refractivity contribution in [2.24, 2.45) is 0 Å². The normalized spacial score (nSPS) is 12.3. The van der Waals surface area contributed by atoms with E-state index in [0.717, 1.165) is 10.0 Å². The molecule has 0 aliphatic rings. The Balaban J connectivity index is 3.47. The lowest BCUT2D eigenvalue weighted by Gasteiger charge is -2.28. The summed E-state index contributed by atoms with van der Waals surface area (Å²) in [7, 11) is -4.40. The third-order valence-corrected chi connectivity index (χ3v) is 5.27. The maximum atomic E-state index is 12.4. The summed E-state index contributed by atoms with van der Waals surface area (Å²) in [4.78, 5) is 10.9. The van der Waals surface area contributed by atoms with Crippen molar-refractivity contribution in [2.75, 3.05) is 17.3 Å². The Kier molecular flexibility index (Phi) is 6.43. The van der Waals surface area contributed by atoms with E-state index in [1.165, 1.54) is 0 Å². The van der Waals surface area contributed by atoms with Gasteiger partial charge in [0.1, 0.15) is 5.75 Å². The summed E-state index contributed by atoms with van der Waals surface area (Å²) >= 11 is 0. The van der Waals surface area contributed by atoms with E-state index in [1.54, 1.807) is 38.4 Å². The minimum absolute atomic E-state index is 0.267. The van der Waals surface area contributed by atoms with Crippen LogP contribution in [0.25, 0.3) is 0 Å². The van der Waals surface area contributed by atoms with Crippen molar-refractivity contribution in [3.63, 3.8) is 0 Å². The number of benzene rings is 1. The van der Waals surface area contributed by atoms with Crippen LogP contribution in [-0.4, -0.2) is 41.4 Å². The number of carboxylic acids is 1. The van der Waals surface area contributed by atoms with Crippen molar-refractivity contribution in [2.45, 2.75) is 39.3 Å². The number of nitrogens with zero attached hydrogens (tertiary/aromatic N) is 1. The molecule has 0 aliphatic carbocycles. The van der Waals surface area contributed by atoms with E-state index in [0.29, 0.717) is 5.75 Å². The lowest BCUT2D eigenvalue weighted by Crippen LogP contribution is -2.38. The molecule has 0 fully saturated rings. The number of sulfonamides is 1. The maximum absolute atomic E-state index is 12.4. The molecule has 136 valence electrons. The van der Waals surface area contributed by atoms with Crippen LogP contribution in [0.5, 0.6) is 5.75 Å². The van der Waals surface area contributed by atoms with Crippen molar-refractivity contribution in [1.82, 2.24) is 0 Å². The first-order chi connectivity index (χ1) is 10.9. The smallest absolute Gasteiger partial charge is 0.320 e. The predicted octanol–water partition coefficient (Wildman–Crippen LogP) is 2.13. The first kappa shape index (κ1) is 20.5. The average molecular weight is 376 g/mol. The Morgan fingerprint density at radius 1 is 1.29 bits per heavy atom. The van der Waals surface area contributed by atoms with E-state index >= 15 is 0 Å². The predicted molar refractivity (Wildman–Crippen MR) is 95.6 cm³/mol. The quantitative estimate of drug-likeness (QED) is 0.580. The summed E-state index contributed by atoms with van der Waals surface area (Å²) in [6, 6.07) is 4.86. The van der Waals surface area contributed by atoms with Crippen molar-refractivity contribution < 1.29 is 27.6 Å². The van der Waals surface area contributed by atoms with Crippen LogP contribution in [0.15, 0.2) is 18.2 Å². The number of anilines is 1. The molecule has 0 heterocycles. The Hall–Kier alpha value is -1.58. The molecule has 0 radical (unpaired) electrons. The average Bonchev–Trinajstić information content (AvgIpc) is 2.41. The minimum atomic E-state index is -4.15. The zero-order valence-electron chi connectivity index (χ0n) is 14.9. The molecule has 1 aromatic rings. The van der Waals surface area contributed by atoms with Gasteiger partial charge in [-0.15, -0.1) is 0 Å². The summed E-state index contributed by atoms with van der Waals surface area (Å²) in [6.45, 7) is 9.53. The molecule has 0 aliphatic heterocycles. The molecule has 0 unspecified atom stereocenters. The molecule has 0 amide bonds. The van der Waals surface area contributed by atoms with Gasteiger partial charge in [0.25, 0.3) is 10.0 Å². The van der Waals surface area contributed by atoms with Gasteiger partial charge in [-0.1, -0.05) is 20.8 Å². The van der Waals surface area contributed by atoms with E-state index in [-0.39, 0.29) is 11.1 Å². The minimum Gasteiger partial charge on any atom is -0.496 e. The second-order valence-electron chi connectivity index (χ2n) is 6.67. The van der Waals surface area contributed by atoms with Crippen LogP contribution in [-0.2, 0) is 24.8 Å². The molecular formula is C15H25NO6SSi. The van der Waals surface area contributed by atoms with Gasteiger partial charge in [0.2, 0.25) is 9.04 Å². The second kappa shape index (κ2) is 7.54. The molecular weight excluding hydrogens is 350 g/mol. The lowest BCUT2D eigenvalue weighted by atomic mass is 9.86. The fourth-order valence-corrected chi connectivity index (χ4v) is 4.50. The molecule has 1 N–H and O–H groups in total. The zero-order chi connectivity index (χ0) is 18.7. The van der Waals surface area contributed by atoms with E-state index in [4.69, 9.17) is 14.4 Å². The molecule has 9 heteroatoms. The van der Waals surface area contributed by atoms with Gasteiger partial charge in [-0.05, 0) is 36.7 Å². The number of hydrogen-bond donors (Lipinski definition) is 1. The van der Waals surface area contributed by atoms with E-state index in [1.807, 2.05) is 20.8 Å². The summed E-state index contributed by atoms with van der Waals surface area (Å²) in [5, 5.41) is 8.87. The summed E-state index contributed by atoms with van der Waals surface area (Å²) in [6.07, 6.45) is 0. The first-order valence-electron chi connectivity index (χ1n) is 7.48. The molecule has 0 spiro atoms. The van der Waals surface area contributed by atoms with Crippen LogP contribution in [0.2, 0.25) is 13.1 Å². The molecule has 0 bridgehead atoms. The molecule has 0 saturated carbocycles. The number of rotatable bonds is 7. The van der Waals surface area contributed by atoms with Crippen molar-refractivity contribution in [1.29, 1.82) is 0 Å². The van der Waals surface area contributed by atoms with Gasteiger partial charge in [-0.3, -0.25) is 4.79 Å². The van der Waals surface area contributed by atoms with Crippen LogP contribution in [0.4, 0.5) is 5.69 Å². The van der Waals surface area contributed by atoms with E-state index in [9.17, 15) is 13.2 Å². The van der Waals surface area contributed by atoms with Crippen molar-refractivity contribution >= 4 is 30.7 Å². The molecule has 7 nitrogen and oxygen atoms in total. The van der Waals surface area contributed by atoms with Crippen LogP contribution in [0.1, 0.15) is 26.3 Å². The Morgan fingerprint density at radius 2 is 1.88 bits per heavy atom. The molecule has 1 aromatic carbocycles. The van der Waals surface area contributed by atoms with Gasteiger partial charge in [-0.25, -0.2) is 8.42 Å². The Bertz CT molecular complexity index is 696. The third-order valence-electron chi connectivity index (χ3n) is 3.07. The Morgan fingerprint density at radius 3 is 2.29 bits per heavy atom. The van der Waals surface area contributed by atoms with Crippen molar-refractivity contribution in [3.8, 4) is 5.75 Å². The first-order valence-corrected chi connectivity index (χ1v) is 11.9. The van der Waals surface area contributed by atoms with Crippen molar-refractivity contribution in [3.05, 3.63) is 23.8 Å². The summed E-state index contributed by atoms with van der Waals surface area (Å²) < 4.78 is 36.4. The van der Waals surface area contributed by atoms with Gasteiger partial charge < -0.3 is 14.4 Å². The highest BCUT2D eigenvalue weighted by molar-refractivity contribution is 7.93. The topological polar surface area (TPSA) is 93.1 Å². The molecule has 0 aromatic heterocycles. The fraction of sp³-hybridized carbons (Fsp3) is 0.533. The molecule has 24 heavy (non-hydrogen) atoms. The second-order valence-corrected chi connectivity index (χ2v) is 10.8. The van der Waals surface area contributed by atoms with Crippen LogP contribution in [0, 0.1) is 0 Å². The lowest BCUT2D eigenvalue weighted by molar-refractivity contribution is -0.134. The number of ether oxygens (including phenoxy) is 1. The third kappa shape index (κ3) is 5.22. The van der Waals surface area contributed by atoms with E-state index < -0.39 is 30.8 Å². The van der Waals surface area contributed by atoms with E-state index in [2.05, 4.69) is 0 Å². The van der Waals surface area contributed by atoms with Gasteiger partial charge in [0.15, 0.2) is 5.75 Å². The molecule has 1 rings (SSSR count). The zero-order valence-corrected chi connectivity index (χ0v) is 16.8. The van der Waals surface area contributed by atoms with Gasteiger partial charge >= 0.3 is 5.97 Å². The van der Waals surface area contributed by atoms with Crippen LogP contribution in [0.3, 0.4) is 0 Å². The molecule has 0 atom stereocenters. The summed E-state index contributed by atoms with van der Waals surface area (Å²) in [5.74, 6) is -1.84. The summed E-state index contributed by atoms with van der Waals surface area (Å²) in [5.41, 5.74) is 0.772. The maximum Gasteiger partial charge on any atom is 0.320 e. The number of methoxy groups -OCH3 is 1. The number of aliphatic carboxylic acids is 1. The monoisotopic (exact) mass is 375 g/mol. The van der Waals surface area contributed by atoms with Gasteiger partial charge in [0.05, 0.1) is 12.8 Å². The fourth-order valence-electron chi connectivity index (χ4n) is 2.09.